The second-order valence-corrected chi connectivity index (χ2v) is 5.26. The molecule has 3 rings (SSSR count). The zero-order chi connectivity index (χ0) is 13.3. The molecule has 0 aliphatic heterocycles. The smallest absolute Gasteiger partial charge is 0.310 e. The van der Waals surface area contributed by atoms with E-state index in [9.17, 15) is 9.90 Å². The Bertz CT molecular complexity index is 567. The van der Waals surface area contributed by atoms with E-state index in [0.29, 0.717) is 36.4 Å². The van der Waals surface area contributed by atoms with Crippen LogP contribution in [0.15, 0.2) is 22.7 Å². The molecule has 1 fully saturated rings. The molecule has 2 aromatic rings. The number of pyridine rings is 1. The topological polar surface area (TPSA) is 76.2 Å². The van der Waals surface area contributed by atoms with Gasteiger partial charge in [0, 0.05) is 12.6 Å². The molecule has 19 heavy (non-hydrogen) atoms. The van der Waals surface area contributed by atoms with Gasteiger partial charge in [-0.1, -0.05) is 19.3 Å². The first-order valence-electron chi connectivity index (χ1n) is 6.63. The number of nitrogens with zero attached hydrogens (tertiary/aromatic N) is 2. The van der Waals surface area contributed by atoms with Crippen molar-refractivity contribution in [3.8, 4) is 0 Å². The van der Waals surface area contributed by atoms with E-state index in [1.165, 1.54) is 0 Å². The van der Waals surface area contributed by atoms with Gasteiger partial charge < -0.3 is 9.52 Å². The SMILES string of the molecule is O=C(O)C1(Cc2nc3ncccc3o2)CCCCC1. The molecule has 1 aliphatic rings. The quantitative estimate of drug-likeness (QED) is 0.918. The van der Waals surface area contributed by atoms with E-state index in [1.54, 1.807) is 18.3 Å². The lowest BCUT2D eigenvalue weighted by Gasteiger charge is -2.31. The molecular formula is C14H16N2O3. The molecule has 100 valence electrons. The van der Waals surface area contributed by atoms with Crippen molar-refractivity contribution in [2.75, 3.05) is 0 Å². The molecule has 0 aromatic carbocycles. The van der Waals surface area contributed by atoms with Crippen LogP contribution < -0.4 is 0 Å². The highest BCUT2D eigenvalue weighted by molar-refractivity contribution is 5.75. The number of carboxylic acid groups (broad SMARTS) is 1. The van der Waals surface area contributed by atoms with Gasteiger partial charge in [0.25, 0.3) is 0 Å². The molecule has 0 atom stereocenters. The van der Waals surface area contributed by atoms with Gasteiger partial charge >= 0.3 is 5.97 Å². The summed E-state index contributed by atoms with van der Waals surface area (Å²) in [6.45, 7) is 0. The van der Waals surface area contributed by atoms with Gasteiger partial charge in [-0.05, 0) is 25.0 Å². The van der Waals surface area contributed by atoms with Gasteiger partial charge in [-0.2, -0.15) is 4.98 Å². The zero-order valence-corrected chi connectivity index (χ0v) is 10.6. The molecule has 2 heterocycles. The van der Waals surface area contributed by atoms with Crippen LogP contribution in [0, 0.1) is 5.41 Å². The Balaban J connectivity index is 1.91. The maximum Gasteiger partial charge on any atom is 0.310 e. The molecule has 2 aromatic heterocycles. The molecule has 1 N–H and O–H groups in total. The maximum absolute atomic E-state index is 11.6. The summed E-state index contributed by atoms with van der Waals surface area (Å²) in [6.07, 6.45) is 6.46. The van der Waals surface area contributed by atoms with Gasteiger partial charge in [0.1, 0.15) is 0 Å². The third kappa shape index (κ3) is 2.20. The lowest BCUT2D eigenvalue weighted by molar-refractivity contribution is -0.151. The first-order valence-corrected chi connectivity index (χ1v) is 6.63. The average molecular weight is 260 g/mol. The van der Waals surface area contributed by atoms with Gasteiger partial charge in [-0.3, -0.25) is 4.79 Å². The monoisotopic (exact) mass is 260 g/mol. The molecule has 0 amide bonds. The second kappa shape index (κ2) is 4.64. The molecule has 5 nitrogen and oxygen atoms in total. The van der Waals surface area contributed by atoms with E-state index in [2.05, 4.69) is 9.97 Å². The predicted octanol–water partition coefficient (Wildman–Crippen LogP) is 2.80. The number of hydrogen-bond acceptors (Lipinski definition) is 4. The summed E-state index contributed by atoms with van der Waals surface area (Å²) in [7, 11) is 0. The van der Waals surface area contributed by atoms with Crippen LogP contribution >= 0.6 is 0 Å². The molecule has 0 saturated heterocycles. The van der Waals surface area contributed by atoms with Gasteiger partial charge in [-0.25, -0.2) is 4.98 Å². The molecule has 1 aliphatic carbocycles. The van der Waals surface area contributed by atoms with Gasteiger partial charge in [-0.15, -0.1) is 0 Å². The highest BCUT2D eigenvalue weighted by Crippen LogP contribution is 2.39. The van der Waals surface area contributed by atoms with Crippen molar-refractivity contribution in [3.05, 3.63) is 24.2 Å². The molecule has 5 heteroatoms. The minimum atomic E-state index is -0.734. The van der Waals surface area contributed by atoms with Crippen molar-refractivity contribution in [1.29, 1.82) is 0 Å². The maximum atomic E-state index is 11.6. The van der Waals surface area contributed by atoms with E-state index in [0.717, 1.165) is 19.3 Å². The minimum absolute atomic E-state index is 0.360. The summed E-state index contributed by atoms with van der Waals surface area (Å²) in [4.78, 5) is 20.0. The zero-order valence-electron chi connectivity index (χ0n) is 10.6. The van der Waals surface area contributed by atoms with E-state index in [1.807, 2.05) is 0 Å². The molecular weight excluding hydrogens is 244 g/mol. The second-order valence-electron chi connectivity index (χ2n) is 5.26. The van der Waals surface area contributed by atoms with Gasteiger partial charge in [0.15, 0.2) is 17.1 Å². The van der Waals surface area contributed by atoms with Crippen molar-refractivity contribution in [2.45, 2.75) is 38.5 Å². The fourth-order valence-corrected chi connectivity index (χ4v) is 2.87. The fourth-order valence-electron chi connectivity index (χ4n) is 2.87. The Morgan fingerprint density at radius 3 is 2.84 bits per heavy atom. The molecule has 1 saturated carbocycles. The minimum Gasteiger partial charge on any atom is -0.481 e. The van der Waals surface area contributed by atoms with Gasteiger partial charge in [0.2, 0.25) is 0 Å². The third-order valence-electron chi connectivity index (χ3n) is 3.96. The number of hydrogen-bond donors (Lipinski definition) is 1. The Labute approximate surface area is 110 Å². The Hall–Kier alpha value is -1.91. The summed E-state index contributed by atoms with van der Waals surface area (Å²) < 4.78 is 5.61. The highest BCUT2D eigenvalue weighted by atomic mass is 16.4. The normalized spacial score (nSPS) is 18.5. The largest absolute Gasteiger partial charge is 0.481 e. The van der Waals surface area contributed by atoms with Crippen LogP contribution in [-0.4, -0.2) is 21.0 Å². The lowest BCUT2D eigenvalue weighted by atomic mass is 9.72. The summed E-state index contributed by atoms with van der Waals surface area (Å²) in [5.74, 6) is -0.250. The standard InChI is InChI=1S/C14H16N2O3/c17-13(18)14(6-2-1-3-7-14)9-11-16-12-10(19-11)5-4-8-15-12/h4-5,8H,1-3,6-7,9H2,(H,17,18). The lowest BCUT2D eigenvalue weighted by Crippen LogP contribution is -2.35. The van der Waals surface area contributed by atoms with E-state index >= 15 is 0 Å². The summed E-state index contributed by atoms with van der Waals surface area (Å²) in [5, 5.41) is 9.54. The highest BCUT2D eigenvalue weighted by Gasteiger charge is 2.41. The predicted molar refractivity (Wildman–Crippen MR) is 68.7 cm³/mol. The fraction of sp³-hybridized carbons (Fsp3) is 0.500. The van der Waals surface area contributed by atoms with E-state index < -0.39 is 11.4 Å². The number of aromatic nitrogens is 2. The number of fused-ring (bicyclic) bond motifs is 1. The first kappa shape index (κ1) is 12.1. The number of carbonyl (C=O) groups is 1. The Morgan fingerprint density at radius 1 is 1.37 bits per heavy atom. The third-order valence-corrected chi connectivity index (χ3v) is 3.96. The summed E-state index contributed by atoms with van der Waals surface area (Å²) in [5.41, 5.74) is 0.460. The summed E-state index contributed by atoms with van der Waals surface area (Å²) >= 11 is 0. The van der Waals surface area contributed by atoms with Crippen LogP contribution in [0.4, 0.5) is 0 Å². The average Bonchev–Trinajstić information content (AvgIpc) is 2.81. The van der Waals surface area contributed by atoms with E-state index in [-0.39, 0.29) is 0 Å². The number of rotatable bonds is 3. The van der Waals surface area contributed by atoms with Crippen LogP contribution in [0.3, 0.4) is 0 Å². The number of aliphatic carboxylic acids is 1. The van der Waals surface area contributed by atoms with Crippen molar-refractivity contribution in [3.63, 3.8) is 0 Å². The van der Waals surface area contributed by atoms with Crippen molar-refractivity contribution in [1.82, 2.24) is 9.97 Å². The number of carboxylic acids is 1. The molecule has 0 unspecified atom stereocenters. The first-order chi connectivity index (χ1) is 9.20. The summed E-state index contributed by atoms with van der Waals surface area (Å²) in [6, 6.07) is 3.58. The number of oxazole rings is 1. The van der Waals surface area contributed by atoms with Crippen molar-refractivity contribution < 1.29 is 14.3 Å². The van der Waals surface area contributed by atoms with Crippen LogP contribution in [-0.2, 0) is 11.2 Å². The molecule has 0 radical (unpaired) electrons. The van der Waals surface area contributed by atoms with Gasteiger partial charge in [0.05, 0.1) is 5.41 Å². The van der Waals surface area contributed by atoms with Crippen LogP contribution in [0.2, 0.25) is 0 Å². The Morgan fingerprint density at radius 2 is 2.16 bits per heavy atom. The van der Waals surface area contributed by atoms with Crippen LogP contribution in [0.1, 0.15) is 38.0 Å². The van der Waals surface area contributed by atoms with Crippen molar-refractivity contribution in [2.24, 2.45) is 5.41 Å². The van der Waals surface area contributed by atoms with Crippen LogP contribution in [0.25, 0.3) is 11.2 Å². The molecule has 0 spiro atoms. The Kier molecular flexibility index (Phi) is 2.97. The van der Waals surface area contributed by atoms with Crippen LogP contribution in [0.5, 0.6) is 0 Å². The molecule has 0 bridgehead atoms. The van der Waals surface area contributed by atoms with E-state index in [4.69, 9.17) is 4.42 Å². The van der Waals surface area contributed by atoms with Crippen molar-refractivity contribution >= 4 is 17.2 Å².